The van der Waals surface area contributed by atoms with Crippen LogP contribution in [-0.4, -0.2) is 18.1 Å². The Kier molecular flexibility index (Phi) is 4.40. The molecule has 0 bridgehead atoms. The van der Waals surface area contributed by atoms with Gasteiger partial charge in [0, 0.05) is 18.1 Å². The van der Waals surface area contributed by atoms with Crippen LogP contribution in [0.2, 0.25) is 5.02 Å². The van der Waals surface area contributed by atoms with Crippen molar-refractivity contribution in [3.05, 3.63) is 29.3 Å². The van der Waals surface area contributed by atoms with Crippen LogP contribution in [0.15, 0.2) is 34.6 Å². The first-order valence-corrected chi connectivity index (χ1v) is 5.06. The van der Waals surface area contributed by atoms with Crippen molar-refractivity contribution in [2.45, 2.75) is 13.8 Å². The Labute approximate surface area is 89.4 Å². The van der Waals surface area contributed by atoms with Crippen molar-refractivity contribution >= 4 is 17.3 Å². The maximum absolute atomic E-state index is 5.75. The molecule has 0 saturated heterocycles. The van der Waals surface area contributed by atoms with Crippen LogP contribution >= 0.6 is 11.6 Å². The second-order valence-electron chi connectivity index (χ2n) is 2.80. The maximum atomic E-state index is 5.75. The normalized spacial score (nSPS) is 10.8. The van der Waals surface area contributed by atoms with Crippen LogP contribution in [0.25, 0.3) is 0 Å². The molecule has 0 atom stereocenters. The summed E-state index contributed by atoms with van der Waals surface area (Å²) in [6.07, 6.45) is 0. The van der Waals surface area contributed by atoms with Gasteiger partial charge in [-0.05, 0) is 38.1 Å². The molecule has 0 spiro atoms. The van der Waals surface area contributed by atoms with Crippen molar-refractivity contribution in [1.82, 2.24) is 5.01 Å². The number of hydrogen-bond donors (Lipinski definition) is 0. The van der Waals surface area contributed by atoms with E-state index in [1.807, 2.05) is 31.0 Å². The van der Waals surface area contributed by atoms with Gasteiger partial charge in [0.2, 0.25) is 0 Å². The van der Waals surface area contributed by atoms with Gasteiger partial charge in [0.25, 0.3) is 0 Å². The highest BCUT2D eigenvalue weighted by Crippen LogP contribution is 2.16. The minimum absolute atomic E-state index is 0.715. The predicted octanol–water partition coefficient (Wildman–Crippen LogP) is 3.68. The fourth-order valence-electron chi connectivity index (χ4n) is 0.973. The van der Waals surface area contributed by atoms with Crippen LogP contribution in [0.4, 0.5) is 5.69 Å². The summed E-state index contributed by atoms with van der Waals surface area (Å²) in [5, 5.41) is 10.8. The van der Waals surface area contributed by atoms with E-state index in [-0.39, 0.29) is 0 Å². The molecule has 0 fully saturated rings. The van der Waals surface area contributed by atoms with Gasteiger partial charge in [-0.15, -0.1) is 5.11 Å². The molecule has 1 rings (SSSR count). The third-order valence-corrected chi connectivity index (χ3v) is 2.10. The van der Waals surface area contributed by atoms with Crippen molar-refractivity contribution < 1.29 is 0 Å². The molecule has 14 heavy (non-hydrogen) atoms. The highest BCUT2D eigenvalue weighted by atomic mass is 35.5. The quantitative estimate of drug-likeness (QED) is 0.552. The Bertz CT molecular complexity index is 291. The first-order valence-electron chi connectivity index (χ1n) is 4.68. The van der Waals surface area contributed by atoms with E-state index in [1.54, 1.807) is 12.1 Å². The third kappa shape index (κ3) is 3.34. The Hall–Kier alpha value is -1.09. The molecule has 0 radical (unpaired) electrons. The van der Waals surface area contributed by atoms with E-state index < -0.39 is 0 Å². The zero-order valence-corrected chi connectivity index (χ0v) is 9.20. The molecule has 0 aromatic heterocycles. The first-order chi connectivity index (χ1) is 6.76. The predicted molar refractivity (Wildman–Crippen MR) is 58.9 cm³/mol. The van der Waals surface area contributed by atoms with Crippen LogP contribution in [0, 0.1) is 0 Å². The highest BCUT2D eigenvalue weighted by molar-refractivity contribution is 6.30. The molecule has 0 aliphatic rings. The molecule has 1 aromatic rings. The summed E-state index contributed by atoms with van der Waals surface area (Å²) in [6, 6.07) is 7.29. The number of benzene rings is 1. The van der Waals surface area contributed by atoms with Crippen molar-refractivity contribution in [2.24, 2.45) is 10.3 Å². The van der Waals surface area contributed by atoms with E-state index in [9.17, 15) is 0 Å². The lowest BCUT2D eigenvalue weighted by Gasteiger charge is -2.10. The average molecular weight is 212 g/mol. The average Bonchev–Trinajstić information content (AvgIpc) is 2.22. The molecular weight excluding hydrogens is 198 g/mol. The fraction of sp³-hybridized carbons (Fsp3) is 0.400. The Morgan fingerprint density at radius 1 is 1.14 bits per heavy atom. The molecule has 0 heterocycles. The molecule has 0 saturated carbocycles. The largest absolute Gasteiger partial charge is 0.279 e. The van der Waals surface area contributed by atoms with Gasteiger partial charge < -0.3 is 0 Å². The van der Waals surface area contributed by atoms with Gasteiger partial charge in [-0.3, -0.25) is 5.01 Å². The van der Waals surface area contributed by atoms with Gasteiger partial charge in [-0.2, -0.15) is 0 Å². The lowest BCUT2D eigenvalue weighted by Crippen LogP contribution is -2.14. The molecule has 4 heteroatoms. The van der Waals surface area contributed by atoms with E-state index in [2.05, 4.69) is 10.3 Å². The number of halogens is 1. The second kappa shape index (κ2) is 5.60. The smallest absolute Gasteiger partial charge is 0.0875 e. The third-order valence-electron chi connectivity index (χ3n) is 1.84. The summed E-state index contributed by atoms with van der Waals surface area (Å²) < 4.78 is 0. The molecule has 76 valence electrons. The molecule has 1 aromatic carbocycles. The molecule has 3 nitrogen and oxygen atoms in total. The van der Waals surface area contributed by atoms with Gasteiger partial charge >= 0.3 is 0 Å². The molecule has 0 amide bonds. The zero-order valence-electron chi connectivity index (χ0n) is 8.44. The fourth-order valence-corrected chi connectivity index (χ4v) is 1.10. The van der Waals surface area contributed by atoms with E-state index >= 15 is 0 Å². The first kappa shape index (κ1) is 11.0. The van der Waals surface area contributed by atoms with Crippen LogP contribution in [0.1, 0.15) is 13.8 Å². The molecule has 0 N–H and O–H groups in total. The van der Waals surface area contributed by atoms with Crippen LogP contribution in [0.5, 0.6) is 0 Å². The van der Waals surface area contributed by atoms with Gasteiger partial charge in [-0.1, -0.05) is 16.8 Å². The van der Waals surface area contributed by atoms with E-state index in [0.717, 1.165) is 18.8 Å². The minimum atomic E-state index is 0.715. The van der Waals surface area contributed by atoms with Crippen molar-refractivity contribution in [1.29, 1.82) is 0 Å². The molecular formula is C10H14ClN3. The van der Waals surface area contributed by atoms with Crippen molar-refractivity contribution in [2.75, 3.05) is 13.1 Å². The highest BCUT2D eigenvalue weighted by Gasteiger charge is 1.93. The Morgan fingerprint density at radius 2 is 1.71 bits per heavy atom. The summed E-state index contributed by atoms with van der Waals surface area (Å²) in [7, 11) is 0. The van der Waals surface area contributed by atoms with Crippen molar-refractivity contribution in [3.8, 4) is 0 Å². The summed E-state index contributed by atoms with van der Waals surface area (Å²) >= 11 is 5.75. The van der Waals surface area contributed by atoms with E-state index in [0.29, 0.717) is 5.02 Å². The zero-order chi connectivity index (χ0) is 10.4. The van der Waals surface area contributed by atoms with E-state index in [4.69, 9.17) is 11.6 Å². The number of nitrogens with zero attached hydrogens (tertiary/aromatic N) is 3. The lowest BCUT2D eigenvalue weighted by atomic mass is 10.3. The van der Waals surface area contributed by atoms with Crippen LogP contribution in [0.3, 0.4) is 0 Å². The molecule has 0 aliphatic heterocycles. The summed E-state index contributed by atoms with van der Waals surface area (Å²) in [4.78, 5) is 0. The lowest BCUT2D eigenvalue weighted by molar-refractivity contribution is 0.301. The van der Waals surface area contributed by atoms with Gasteiger partial charge in [-0.25, -0.2) is 0 Å². The maximum Gasteiger partial charge on any atom is 0.0875 e. The van der Waals surface area contributed by atoms with Crippen LogP contribution < -0.4 is 0 Å². The summed E-state index contributed by atoms with van der Waals surface area (Å²) in [5.74, 6) is 0. The van der Waals surface area contributed by atoms with Crippen molar-refractivity contribution in [3.63, 3.8) is 0 Å². The monoisotopic (exact) mass is 211 g/mol. The van der Waals surface area contributed by atoms with Gasteiger partial charge in [0.05, 0.1) is 5.69 Å². The summed E-state index contributed by atoms with van der Waals surface area (Å²) in [5.41, 5.74) is 0.821. The Balaban J connectivity index is 2.63. The molecule has 0 aliphatic carbocycles. The van der Waals surface area contributed by atoms with Gasteiger partial charge in [0.1, 0.15) is 0 Å². The Morgan fingerprint density at radius 3 is 2.21 bits per heavy atom. The SMILES string of the molecule is CCN(CC)N=Nc1ccc(Cl)cc1. The number of hydrogen-bond acceptors (Lipinski definition) is 2. The van der Waals surface area contributed by atoms with Gasteiger partial charge in [0.15, 0.2) is 0 Å². The number of rotatable bonds is 4. The van der Waals surface area contributed by atoms with E-state index in [1.165, 1.54) is 0 Å². The topological polar surface area (TPSA) is 28.0 Å². The van der Waals surface area contributed by atoms with Crippen LogP contribution in [-0.2, 0) is 0 Å². The second-order valence-corrected chi connectivity index (χ2v) is 3.24. The standard InChI is InChI=1S/C10H14ClN3/c1-3-14(4-2)13-12-10-7-5-9(11)6-8-10/h5-8H,3-4H2,1-2H3. The summed E-state index contributed by atoms with van der Waals surface area (Å²) in [6.45, 7) is 5.83. The minimum Gasteiger partial charge on any atom is -0.279 e. The molecule has 0 unspecified atom stereocenters.